The van der Waals surface area contributed by atoms with Gasteiger partial charge in [-0.05, 0) is 122 Å². The highest BCUT2D eigenvalue weighted by Gasteiger charge is 2.52. The molecule has 6 aliphatic carbocycles. The second-order valence-electron chi connectivity index (χ2n) is 15.2. The Morgan fingerprint density at radius 1 is 0.528 bits per heavy atom. The van der Waals surface area contributed by atoms with Gasteiger partial charge >= 0.3 is 0 Å². The van der Waals surface area contributed by atoms with Gasteiger partial charge in [0.15, 0.2) is 0 Å². The number of hydrogen-bond donors (Lipinski definition) is 0. The predicted octanol–water partition coefficient (Wildman–Crippen LogP) is 11.3. The molecule has 0 nitrogen and oxygen atoms in total. The Hall–Kier alpha value is 0. The number of fused-ring (bicyclic) bond motifs is 3. The number of hydrogen-bond acceptors (Lipinski definition) is 0. The van der Waals surface area contributed by atoms with Crippen molar-refractivity contribution in [2.75, 3.05) is 0 Å². The van der Waals surface area contributed by atoms with E-state index in [9.17, 15) is 0 Å². The smallest absolute Gasteiger partial charge is 0.0318 e. The summed E-state index contributed by atoms with van der Waals surface area (Å²) < 4.78 is 0. The van der Waals surface area contributed by atoms with Crippen molar-refractivity contribution in [1.29, 1.82) is 0 Å². The largest absolute Gasteiger partial charge is 0.0654 e. The highest BCUT2D eigenvalue weighted by molar-refractivity contribution is 5.01. The summed E-state index contributed by atoms with van der Waals surface area (Å²) in [7, 11) is 0. The fourth-order valence-corrected chi connectivity index (χ4v) is 11.9. The van der Waals surface area contributed by atoms with Crippen LogP contribution in [0.3, 0.4) is 0 Å². The maximum atomic E-state index is 2.66. The van der Waals surface area contributed by atoms with Crippen molar-refractivity contribution >= 4 is 0 Å². The van der Waals surface area contributed by atoms with E-state index in [-0.39, 0.29) is 0 Å². The normalized spacial score (nSPS) is 48.3. The molecule has 0 bridgehead atoms. The molecule has 6 fully saturated rings. The highest BCUT2D eigenvalue weighted by atomic mass is 14.6. The van der Waals surface area contributed by atoms with E-state index in [1.165, 1.54) is 44.9 Å². The van der Waals surface area contributed by atoms with Crippen LogP contribution in [0.15, 0.2) is 0 Å². The third kappa shape index (κ3) is 5.79. The van der Waals surface area contributed by atoms with Crippen molar-refractivity contribution in [3.8, 4) is 0 Å². The van der Waals surface area contributed by atoms with Crippen LogP contribution in [0.2, 0.25) is 0 Å². The van der Waals surface area contributed by atoms with Crippen molar-refractivity contribution in [2.24, 2.45) is 71.0 Å². The molecule has 0 aromatic heterocycles. The Kier molecular flexibility index (Phi) is 9.88. The molecular weight excluding hydrogens is 432 g/mol. The summed E-state index contributed by atoms with van der Waals surface area (Å²) in [6.07, 6.45) is 30.8. The van der Waals surface area contributed by atoms with Crippen molar-refractivity contribution in [1.82, 2.24) is 0 Å². The van der Waals surface area contributed by atoms with Crippen LogP contribution >= 0.6 is 0 Å². The van der Waals surface area contributed by atoms with Gasteiger partial charge in [0, 0.05) is 0 Å². The summed E-state index contributed by atoms with van der Waals surface area (Å²) in [6, 6.07) is 0. The Labute approximate surface area is 226 Å². The van der Waals surface area contributed by atoms with Crippen LogP contribution in [0.1, 0.15) is 156 Å². The lowest BCUT2D eigenvalue weighted by Crippen LogP contribution is -2.49. The van der Waals surface area contributed by atoms with Crippen LogP contribution in [0.5, 0.6) is 0 Å². The van der Waals surface area contributed by atoms with Crippen LogP contribution in [-0.4, -0.2) is 0 Å². The van der Waals surface area contributed by atoms with Gasteiger partial charge < -0.3 is 0 Å². The quantitative estimate of drug-likeness (QED) is 0.355. The second kappa shape index (κ2) is 12.9. The van der Waals surface area contributed by atoms with Crippen LogP contribution in [0, 0.1) is 71.0 Å². The molecule has 0 aliphatic heterocycles. The van der Waals surface area contributed by atoms with Gasteiger partial charge in [-0.2, -0.15) is 0 Å². The standard InChI is InChI=1S/C26H46.C10H18/c1-4-6-12-22-18(3)17-21-11-9-14-24(21)26(22)25-19(5-2)15-16-20-10-7-8-13-23(20)25;1-8-6-7-9-4-2-3-5-10(8)9/h18-26H,4-17H2,1-3H3;8-10H,2-7H2,1H3. The lowest BCUT2D eigenvalue weighted by atomic mass is 9.49. The first kappa shape index (κ1) is 27.6. The van der Waals surface area contributed by atoms with Crippen molar-refractivity contribution in [2.45, 2.75) is 156 Å². The Morgan fingerprint density at radius 3 is 1.86 bits per heavy atom. The van der Waals surface area contributed by atoms with Gasteiger partial charge in [-0.1, -0.05) is 105 Å². The van der Waals surface area contributed by atoms with Crippen LogP contribution in [0.4, 0.5) is 0 Å². The lowest BCUT2D eigenvalue weighted by molar-refractivity contribution is -0.0713. The van der Waals surface area contributed by atoms with E-state index in [2.05, 4.69) is 27.7 Å². The third-order valence-corrected chi connectivity index (χ3v) is 13.6. The summed E-state index contributed by atoms with van der Waals surface area (Å²) in [5, 5.41) is 0. The molecule has 6 rings (SSSR count). The maximum absolute atomic E-state index is 2.66. The van der Waals surface area contributed by atoms with Gasteiger partial charge in [0.2, 0.25) is 0 Å². The van der Waals surface area contributed by atoms with Gasteiger partial charge in [0.25, 0.3) is 0 Å². The zero-order chi connectivity index (χ0) is 25.1. The minimum atomic E-state index is 1.01. The zero-order valence-electron chi connectivity index (χ0n) is 25.1. The highest BCUT2D eigenvalue weighted by Crippen LogP contribution is 2.60. The molecule has 0 amide bonds. The molecule has 6 saturated carbocycles. The predicted molar refractivity (Wildman–Crippen MR) is 157 cm³/mol. The van der Waals surface area contributed by atoms with Crippen LogP contribution < -0.4 is 0 Å². The van der Waals surface area contributed by atoms with E-state index >= 15 is 0 Å². The molecule has 0 aromatic rings. The van der Waals surface area contributed by atoms with Crippen LogP contribution in [-0.2, 0) is 0 Å². The fraction of sp³-hybridized carbons (Fsp3) is 1.00. The molecule has 208 valence electrons. The van der Waals surface area contributed by atoms with Gasteiger partial charge in [-0.15, -0.1) is 0 Å². The minimum Gasteiger partial charge on any atom is -0.0654 e. The molecule has 0 aromatic carbocycles. The molecule has 0 spiro atoms. The molecule has 0 radical (unpaired) electrons. The SMILES string of the molecule is CC1CCC2CCCCC12.CCCCC1C(C)CC2CCCC2C1C1C(CC)CCC2CCCCC21. The molecule has 0 heteroatoms. The summed E-state index contributed by atoms with van der Waals surface area (Å²) >= 11 is 0. The lowest BCUT2D eigenvalue weighted by Gasteiger charge is -2.56. The van der Waals surface area contributed by atoms with Gasteiger partial charge in [-0.25, -0.2) is 0 Å². The van der Waals surface area contributed by atoms with E-state index in [1.54, 1.807) is 83.5 Å². The van der Waals surface area contributed by atoms with E-state index in [0.717, 1.165) is 71.0 Å². The van der Waals surface area contributed by atoms with E-state index in [4.69, 9.17) is 0 Å². The van der Waals surface area contributed by atoms with Crippen molar-refractivity contribution in [3.63, 3.8) is 0 Å². The van der Waals surface area contributed by atoms with Gasteiger partial charge in [0.1, 0.15) is 0 Å². The summed E-state index contributed by atoms with van der Waals surface area (Å²) in [5.74, 6) is 13.1. The maximum Gasteiger partial charge on any atom is -0.0318 e. The molecule has 0 heterocycles. The first-order valence-corrected chi connectivity index (χ1v) is 17.6. The molecular formula is C36H64. The topological polar surface area (TPSA) is 0 Å². The zero-order valence-corrected chi connectivity index (χ0v) is 25.1. The molecule has 0 N–H and O–H groups in total. The molecule has 6 aliphatic rings. The Bertz CT molecular complexity index is 648. The second-order valence-corrected chi connectivity index (χ2v) is 15.2. The molecule has 36 heavy (non-hydrogen) atoms. The fourth-order valence-electron chi connectivity index (χ4n) is 11.9. The van der Waals surface area contributed by atoms with E-state index < -0.39 is 0 Å². The summed E-state index contributed by atoms with van der Waals surface area (Å²) in [4.78, 5) is 0. The molecule has 12 unspecified atom stereocenters. The van der Waals surface area contributed by atoms with Gasteiger partial charge in [-0.3, -0.25) is 0 Å². The van der Waals surface area contributed by atoms with Gasteiger partial charge in [0.05, 0.1) is 0 Å². The first-order chi connectivity index (χ1) is 17.6. The third-order valence-electron chi connectivity index (χ3n) is 13.6. The van der Waals surface area contributed by atoms with Crippen molar-refractivity contribution < 1.29 is 0 Å². The van der Waals surface area contributed by atoms with Crippen LogP contribution in [0.25, 0.3) is 0 Å². The Morgan fingerprint density at radius 2 is 1.14 bits per heavy atom. The van der Waals surface area contributed by atoms with E-state index in [0.29, 0.717) is 0 Å². The molecule has 12 atom stereocenters. The Balaban J connectivity index is 0.000000222. The average Bonchev–Trinajstić information content (AvgIpc) is 3.53. The summed E-state index contributed by atoms with van der Waals surface area (Å²) in [6.45, 7) is 10.0. The number of unbranched alkanes of at least 4 members (excludes halogenated alkanes) is 1. The minimum absolute atomic E-state index is 1.01. The number of rotatable bonds is 5. The monoisotopic (exact) mass is 497 g/mol. The first-order valence-electron chi connectivity index (χ1n) is 17.6. The van der Waals surface area contributed by atoms with E-state index in [1.807, 2.05) is 0 Å². The van der Waals surface area contributed by atoms with Crippen molar-refractivity contribution in [3.05, 3.63) is 0 Å². The average molecular weight is 497 g/mol. The summed E-state index contributed by atoms with van der Waals surface area (Å²) in [5.41, 5.74) is 0. The molecule has 0 saturated heterocycles.